The Hall–Kier alpha value is 0.180. The van der Waals surface area contributed by atoms with E-state index in [0.29, 0.717) is 11.3 Å². The normalized spacial score (nSPS) is 27.7. The van der Waals surface area contributed by atoms with Gasteiger partial charge in [-0.05, 0) is 35.2 Å². The molecular formula is C7H9BrS. The molecule has 0 aliphatic rings. The molecule has 1 heterocycles. The summed E-state index contributed by atoms with van der Waals surface area (Å²) in [6.45, 7) is -5.21. The number of hydrogen-bond acceptors (Lipinski definition) is 1. The van der Waals surface area contributed by atoms with Crippen LogP contribution in [0.5, 0.6) is 0 Å². The first kappa shape index (κ1) is 2.08. The van der Waals surface area contributed by atoms with Gasteiger partial charge in [0.15, 0.2) is 0 Å². The predicted molar refractivity (Wildman–Crippen MR) is 46.1 cm³/mol. The number of halogens is 1. The van der Waals surface area contributed by atoms with Gasteiger partial charge < -0.3 is 0 Å². The fraction of sp³-hybridized carbons (Fsp3) is 0.429. The topological polar surface area (TPSA) is 0 Å². The molecule has 1 rings (SSSR count). The molecule has 0 atom stereocenters. The van der Waals surface area contributed by atoms with Gasteiger partial charge >= 0.3 is 0 Å². The third-order valence-electron chi connectivity index (χ3n) is 0.810. The van der Waals surface area contributed by atoms with Crippen molar-refractivity contribution in [1.82, 2.24) is 0 Å². The Kier molecular flexibility index (Phi) is 0.657. The summed E-state index contributed by atoms with van der Waals surface area (Å²) in [7, 11) is 0. The monoisotopic (exact) mass is 212 g/mol. The molecule has 0 aliphatic carbocycles. The van der Waals surface area contributed by atoms with Crippen LogP contribution in [-0.2, 0) is 6.37 Å². The van der Waals surface area contributed by atoms with E-state index < -0.39 is 20.1 Å². The quantitative estimate of drug-likeness (QED) is 0.670. The van der Waals surface area contributed by atoms with Crippen molar-refractivity contribution in [3.63, 3.8) is 0 Å². The van der Waals surface area contributed by atoms with Crippen molar-refractivity contribution >= 4 is 27.3 Å². The standard InChI is InChI=1S/C7H9BrS/c1-3-6-4-7(8)5(2)9-6/h4H,3H2,1-2H3/i1D3,2D3,3D2. The molecule has 0 saturated carbocycles. The zero-order chi connectivity index (χ0) is 13.6. The highest BCUT2D eigenvalue weighted by molar-refractivity contribution is 9.10. The molecule has 0 N–H and O–H groups in total. The molecule has 0 aliphatic heterocycles. The van der Waals surface area contributed by atoms with E-state index in [1.54, 1.807) is 0 Å². The maximum atomic E-state index is 7.54. The van der Waals surface area contributed by atoms with E-state index in [9.17, 15) is 0 Å². The second-order valence-corrected chi connectivity index (χ2v) is 3.32. The first-order valence-corrected chi connectivity index (χ1v) is 3.78. The Balaban J connectivity index is 3.28. The SMILES string of the molecule is [2H]C([2H])([2H])c1sc(C([2H])([2H])C([2H])([2H])[2H])cc1Br. The molecule has 2 heteroatoms. The van der Waals surface area contributed by atoms with Crippen LogP contribution in [0.15, 0.2) is 10.5 Å². The highest BCUT2D eigenvalue weighted by Crippen LogP contribution is 2.26. The molecule has 0 saturated heterocycles. The van der Waals surface area contributed by atoms with E-state index in [1.807, 2.05) is 0 Å². The Labute approximate surface area is 79.3 Å². The molecule has 0 fully saturated rings. The van der Waals surface area contributed by atoms with Crippen molar-refractivity contribution in [2.45, 2.75) is 20.1 Å². The number of aryl methyl sites for hydroxylation is 2. The smallest absolute Gasteiger partial charge is 0.0322 e. The average molecular weight is 213 g/mol. The zero-order valence-corrected chi connectivity index (χ0v) is 6.77. The van der Waals surface area contributed by atoms with Crippen LogP contribution in [0.4, 0.5) is 0 Å². The van der Waals surface area contributed by atoms with Crippen LogP contribution in [0.3, 0.4) is 0 Å². The summed E-state index contributed by atoms with van der Waals surface area (Å²) in [5.41, 5.74) is 0. The van der Waals surface area contributed by atoms with Gasteiger partial charge in [-0.2, -0.15) is 0 Å². The maximum absolute atomic E-state index is 7.54. The molecule has 0 spiro atoms. The number of rotatable bonds is 1. The summed E-state index contributed by atoms with van der Waals surface area (Å²) in [5.74, 6) is 0. The maximum Gasteiger partial charge on any atom is 0.0322 e. The third-order valence-corrected chi connectivity index (χ3v) is 2.56. The highest BCUT2D eigenvalue weighted by Gasteiger charge is 1.98. The molecule has 1 aromatic heterocycles. The van der Waals surface area contributed by atoms with Gasteiger partial charge in [-0.25, -0.2) is 0 Å². The Bertz CT molecular complexity index is 414. The van der Waals surface area contributed by atoms with E-state index in [4.69, 9.17) is 11.0 Å². The average Bonchev–Trinajstić information content (AvgIpc) is 2.44. The molecule has 1 aromatic rings. The molecule has 0 aromatic carbocycles. The second kappa shape index (κ2) is 2.84. The highest BCUT2D eigenvalue weighted by atomic mass is 79.9. The van der Waals surface area contributed by atoms with Crippen molar-refractivity contribution in [2.24, 2.45) is 0 Å². The lowest BCUT2D eigenvalue weighted by atomic mass is 10.4. The minimum absolute atomic E-state index is 0.0411. The molecule has 0 radical (unpaired) electrons. The van der Waals surface area contributed by atoms with Crippen molar-refractivity contribution < 1.29 is 11.0 Å². The van der Waals surface area contributed by atoms with E-state index in [2.05, 4.69) is 15.9 Å². The van der Waals surface area contributed by atoms with Gasteiger partial charge in [0.1, 0.15) is 0 Å². The van der Waals surface area contributed by atoms with Gasteiger partial charge in [0, 0.05) is 25.2 Å². The molecule has 0 amide bonds. The number of hydrogen-bond donors (Lipinski definition) is 0. The molecule has 0 unspecified atom stereocenters. The van der Waals surface area contributed by atoms with E-state index in [0.717, 1.165) is 0 Å². The number of thiophene rings is 1. The first-order chi connectivity index (χ1) is 7.37. The first-order valence-electron chi connectivity index (χ1n) is 6.17. The van der Waals surface area contributed by atoms with Crippen LogP contribution in [0.25, 0.3) is 0 Å². The third kappa shape index (κ3) is 1.55. The van der Waals surface area contributed by atoms with Crippen LogP contribution >= 0.6 is 27.3 Å². The lowest BCUT2D eigenvalue weighted by Gasteiger charge is -1.80. The summed E-state index contributed by atoms with van der Waals surface area (Å²) in [6.07, 6.45) is -2.55. The van der Waals surface area contributed by atoms with Gasteiger partial charge in [0.05, 0.1) is 0 Å². The van der Waals surface area contributed by atoms with Crippen LogP contribution < -0.4 is 0 Å². The summed E-state index contributed by atoms with van der Waals surface area (Å²) in [5, 5.41) is 0. The Morgan fingerprint density at radius 1 is 2.00 bits per heavy atom. The van der Waals surface area contributed by atoms with Crippen molar-refractivity contribution in [3.8, 4) is 0 Å². The van der Waals surface area contributed by atoms with E-state index in [1.165, 1.54) is 6.07 Å². The fourth-order valence-electron chi connectivity index (χ4n) is 0.430. The fourth-order valence-corrected chi connectivity index (χ4v) is 1.66. The Morgan fingerprint density at radius 2 is 2.89 bits per heavy atom. The summed E-state index contributed by atoms with van der Waals surface area (Å²) < 4.78 is 58.4. The van der Waals surface area contributed by atoms with Crippen molar-refractivity contribution in [3.05, 3.63) is 20.3 Å². The largest absolute Gasteiger partial charge is 0.145 e. The van der Waals surface area contributed by atoms with Crippen LogP contribution in [-0.4, -0.2) is 0 Å². The molecule has 9 heavy (non-hydrogen) atoms. The van der Waals surface area contributed by atoms with Crippen LogP contribution in [0.2, 0.25) is 0 Å². The molecular weight excluding hydrogens is 196 g/mol. The summed E-state index contributed by atoms with van der Waals surface area (Å²) >= 11 is 3.67. The van der Waals surface area contributed by atoms with Crippen molar-refractivity contribution in [2.75, 3.05) is 0 Å². The summed E-state index contributed by atoms with van der Waals surface area (Å²) in [6, 6.07) is 1.22. The molecule has 50 valence electrons. The van der Waals surface area contributed by atoms with Gasteiger partial charge in [-0.15, -0.1) is 11.3 Å². The Morgan fingerprint density at radius 3 is 3.44 bits per heavy atom. The van der Waals surface area contributed by atoms with Gasteiger partial charge in [-0.1, -0.05) is 6.85 Å². The lowest BCUT2D eigenvalue weighted by molar-refractivity contribution is 1.18. The second-order valence-electron chi connectivity index (χ2n) is 1.41. The summed E-state index contributed by atoms with van der Waals surface area (Å²) in [4.78, 5) is -0.156. The molecule has 0 bridgehead atoms. The zero-order valence-electron chi connectivity index (χ0n) is 12.4. The lowest BCUT2D eigenvalue weighted by Crippen LogP contribution is -1.64. The van der Waals surface area contributed by atoms with Crippen LogP contribution in [0, 0.1) is 6.85 Å². The van der Waals surface area contributed by atoms with Gasteiger partial charge in [-0.3, -0.25) is 0 Å². The van der Waals surface area contributed by atoms with E-state index in [-0.39, 0.29) is 14.2 Å². The molecule has 0 nitrogen and oxygen atoms in total. The van der Waals surface area contributed by atoms with Gasteiger partial charge in [0.2, 0.25) is 0 Å². The van der Waals surface area contributed by atoms with Crippen LogP contribution in [0.1, 0.15) is 27.6 Å². The predicted octanol–water partition coefficient (Wildman–Crippen LogP) is 3.38. The minimum atomic E-state index is -2.83. The van der Waals surface area contributed by atoms with Gasteiger partial charge in [0.25, 0.3) is 0 Å². The van der Waals surface area contributed by atoms with Crippen molar-refractivity contribution in [1.29, 1.82) is 0 Å². The van der Waals surface area contributed by atoms with E-state index >= 15 is 0 Å². The minimum Gasteiger partial charge on any atom is -0.145 e.